The van der Waals surface area contributed by atoms with Gasteiger partial charge in [-0.15, -0.1) is 0 Å². The molecule has 0 unspecified atom stereocenters. The monoisotopic (exact) mass is 252 g/mol. The predicted octanol–water partition coefficient (Wildman–Crippen LogP) is 3.60. The highest BCUT2D eigenvalue weighted by Crippen LogP contribution is 2.36. The SMILES string of the molecule is C[C@@H](N)c1ccc(N2CCC(C)(C)C2)c(Cl)c1. The fourth-order valence-electron chi connectivity index (χ4n) is 2.38. The maximum absolute atomic E-state index is 6.35. The Labute approximate surface area is 109 Å². The van der Waals surface area contributed by atoms with Crippen molar-refractivity contribution < 1.29 is 0 Å². The van der Waals surface area contributed by atoms with Crippen molar-refractivity contribution in [2.24, 2.45) is 11.1 Å². The zero-order valence-corrected chi connectivity index (χ0v) is 11.6. The summed E-state index contributed by atoms with van der Waals surface area (Å²) in [6, 6.07) is 6.21. The van der Waals surface area contributed by atoms with Crippen molar-refractivity contribution in [3.05, 3.63) is 28.8 Å². The van der Waals surface area contributed by atoms with Crippen molar-refractivity contribution in [3.63, 3.8) is 0 Å². The van der Waals surface area contributed by atoms with Crippen LogP contribution in [0.25, 0.3) is 0 Å². The molecule has 94 valence electrons. The molecule has 0 spiro atoms. The van der Waals surface area contributed by atoms with Crippen LogP contribution in [0.5, 0.6) is 0 Å². The predicted molar refractivity (Wildman–Crippen MR) is 74.7 cm³/mol. The van der Waals surface area contributed by atoms with Crippen molar-refractivity contribution in [1.82, 2.24) is 0 Å². The highest BCUT2D eigenvalue weighted by Gasteiger charge is 2.30. The maximum Gasteiger partial charge on any atom is 0.0642 e. The van der Waals surface area contributed by atoms with Crippen LogP contribution in [0.2, 0.25) is 5.02 Å². The number of hydrogen-bond donors (Lipinski definition) is 1. The van der Waals surface area contributed by atoms with Crippen LogP contribution in [0.15, 0.2) is 18.2 Å². The van der Waals surface area contributed by atoms with Gasteiger partial charge in [0.05, 0.1) is 10.7 Å². The third kappa shape index (κ3) is 2.75. The van der Waals surface area contributed by atoms with Gasteiger partial charge in [0.25, 0.3) is 0 Å². The molecule has 0 aliphatic carbocycles. The van der Waals surface area contributed by atoms with Gasteiger partial charge in [-0.05, 0) is 36.5 Å². The van der Waals surface area contributed by atoms with Crippen molar-refractivity contribution in [2.75, 3.05) is 18.0 Å². The number of hydrogen-bond acceptors (Lipinski definition) is 2. The highest BCUT2D eigenvalue weighted by atomic mass is 35.5. The quantitative estimate of drug-likeness (QED) is 0.872. The van der Waals surface area contributed by atoms with Crippen LogP contribution >= 0.6 is 11.6 Å². The number of anilines is 1. The molecule has 3 heteroatoms. The van der Waals surface area contributed by atoms with E-state index in [9.17, 15) is 0 Å². The van der Waals surface area contributed by atoms with E-state index in [0.717, 1.165) is 29.4 Å². The molecule has 1 aromatic carbocycles. The van der Waals surface area contributed by atoms with Gasteiger partial charge in [-0.1, -0.05) is 31.5 Å². The second-order valence-electron chi connectivity index (χ2n) is 5.84. The molecule has 1 atom stereocenters. The van der Waals surface area contributed by atoms with Crippen molar-refractivity contribution in [1.29, 1.82) is 0 Å². The van der Waals surface area contributed by atoms with Crippen molar-refractivity contribution in [2.45, 2.75) is 33.2 Å². The van der Waals surface area contributed by atoms with Gasteiger partial charge >= 0.3 is 0 Å². The first kappa shape index (κ1) is 12.7. The fourth-order valence-corrected chi connectivity index (χ4v) is 2.69. The molecule has 17 heavy (non-hydrogen) atoms. The summed E-state index contributed by atoms with van der Waals surface area (Å²) in [6.07, 6.45) is 1.22. The molecule has 1 aliphatic heterocycles. The number of nitrogens with two attached hydrogens (primary N) is 1. The molecule has 1 saturated heterocycles. The van der Waals surface area contributed by atoms with E-state index in [4.69, 9.17) is 17.3 Å². The van der Waals surface area contributed by atoms with Crippen LogP contribution in [-0.4, -0.2) is 13.1 Å². The lowest BCUT2D eigenvalue weighted by atomic mass is 9.93. The fraction of sp³-hybridized carbons (Fsp3) is 0.571. The summed E-state index contributed by atoms with van der Waals surface area (Å²) < 4.78 is 0. The van der Waals surface area contributed by atoms with Crippen LogP contribution in [0.3, 0.4) is 0 Å². The molecular formula is C14H21ClN2. The molecular weight excluding hydrogens is 232 g/mol. The van der Waals surface area contributed by atoms with Gasteiger partial charge in [-0.25, -0.2) is 0 Å². The Hall–Kier alpha value is -0.730. The smallest absolute Gasteiger partial charge is 0.0642 e. The summed E-state index contributed by atoms with van der Waals surface area (Å²) in [7, 11) is 0. The lowest BCUT2D eigenvalue weighted by Gasteiger charge is -2.23. The average molecular weight is 253 g/mol. The second kappa shape index (κ2) is 4.51. The minimum atomic E-state index is 0.0385. The number of benzene rings is 1. The first-order chi connectivity index (χ1) is 7.89. The van der Waals surface area contributed by atoms with E-state index in [0.29, 0.717) is 5.41 Å². The van der Waals surface area contributed by atoms with Crippen LogP contribution in [-0.2, 0) is 0 Å². The molecule has 1 aromatic rings. The molecule has 0 amide bonds. The molecule has 2 N–H and O–H groups in total. The van der Waals surface area contributed by atoms with Crippen LogP contribution in [0.4, 0.5) is 5.69 Å². The Kier molecular flexibility index (Phi) is 3.37. The average Bonchev–Trinajstić information content (AvgIpc) is 2.58. The topological polar surface area (TPSA) is 29.3 Å². The van der Waals surface area contributed by atoms with Crippen molar-refractivity contribution >= 4 is 17.3 Å². The van der Waals surface area contributed by atoms with Gasteiger partial charge in [0.15, 0.2) is 0 Å². The Morgan fingerprint density at radius 3 is 2.59 bits per heavy atom. The summed E-state index contributed by atoms with van der Waals surface area (Å²) in [4.78, 5) is 2.37. The largest absolute Gasteiger partial charge is 0.370 e. The Morgan fingerprint density at radius 1 is 1.41 bits per heavy atom. The standard InChI is InChI=1S/C14H21ClN2/c1-10(16)11-4-5-13(12(15)8-11)17-7-6-14(2,3)9-17/h4-5,8,10H,6-7,9,16H2,1-3H3/t10-/m1/s1. The number of nitrogens with zero attached hydrogens (tertiary/aromatic N) is 1. The summed E-state index contributed by atoms with van der Waals surface area (Å²) in [6.45, 7) is 8.74. The number of rotatable bonds is 2. The molecule has 1 heterocycles. The van der Waals surface area contributed by atoms with Gasteiger partial charge in [-0.2, -0.15) is 0 Å². The maximum atomic E-state index is 6.35. The normalized spacial score (nSPS) is 20.6. The third-order valence-corrected chi connectivity index (χ3v) is 3.82. The first-order valence-corrected chi connectivity index (χ1v) is 6.57. The van der Waals surface area contributed by atoms with E-state index in [2.05, 4.69) is 30.9 Å². The molecule has 0 saturated carbocycles. The van der Waals surface area contributed by atoms with Gasteiger partial charge in [0.2, 0.25) is 0 Å². The van der Waals surface area contributed by atoms with E-state index in [1.54, 1.807) is 0 Å². The minimum absolute atomic E-state index is 0.0385. The zero-order valence-electron chi connectivity index (χ0n) is 10.8. The molecule has 0 radical (unpaired) electrons. The van der Waals surface area contributed by atoms with Crippen LogP contribution in [0, 0.1) is 5.41 Å². The molecule has 0 bridgehead atoms. The molecule has 2 nitrogen and oxygen atoms in total. The number of halogens is 1. The highest BCUT2D eigenvalue weighted by molar-refractivity contribution is 6.33. The molecule has 1 aliphatic rings. The van der Waals surface area contributed by atoms with E-state index < -0.39 is 0 Å². The summed E-state index contributed by atoms with van der Waals surface area (Å²) >= 11 is 6.35. The lowest BCUT2D eigenvalue weighted by Crippen LogP contribution is -2.23. The molecule has 1 fully saturated rings. The summed E-state index contributed by atoms with van der Waals surface area (Å²) in [5, 5.41) is 0.817. The second-order valence-corrected chi connectivity index (χ2v) is 6.24. The van der Waals surface area contributed by atoms with Crippen LogP contribution < -0.4 is 10.6 Å². The van der Waals surface area contributed by atoms with E-state index in [1.807, 2.05) is 13.0 Å². The molecule has 0 aromatic heterocycles. The van der Waals surface area contributed by atoms with Gasteiger partial charge in [0, 0.05) is 19.1 Å². The van der Waals surface area contributed by atoms with Gasteiger partial charge < -0.3 is 10.6 Å². The van der Waals surface area contributed by atoms with Crippen molar-refractivity contribution in [3.8, 4) is 0 Å². The van der Waals surface area contributed by atoms with E-state index in [1.165, 1.54) is 6.42 Å². The van der Waals surface area contributed by atoms with Gasteiger partial charge in [-0.3, -0.25) is 0 Å². The summed E-state index contributed by atoms with van der Waals surface area (Å²) in [5.74, 6) is 0. The molecule has 2 rings (SSSR count). The zero-order chi connectivity index (χ0) is 12.6. The Balaban J connectivity index is 2.23. The lowest BCUT2D eigenvalue weighted by molar-refractivity contribution is 0.418. The Morgan fingerprint density at radius 2 is 2.12 bits per heavy atom. The minimum Gasteiger partial charge on any atom is -0.370 e. The Bertz CT molecular complexity index is 413. The summed E-state index contributed by atoms with van der Waals surface area (Å²) in [5.41, 5.74) is 8.48. The first-order valence-electron chi connectivity index (χ1n) is 6.19. The van der Waals surface area contributed by atoms with Gasteiger partial charge in [0.1, 0.15) is 0 Å². The van der Waals surface area contributed by atoms with E-state index in [-0.39, 0.29) is 6.04 Å². The van der Waals surface area contributed by atoms with Crippen LogP contribution in [0.1, 0.15) is 38.8 Å². The van der Waals surface area contributed by atoms with E-state index >= 15 is 0 Å². The third-order valence-electron chi connectivity index (χ3n) is 3.52.